The van der Waals surface area contributed by atoms with E-state index in [9.17, 15) is 18.0 Å². The van der Waals surface area contributed by atoms with Gasteiger partial charge in [-0.3, -0.25) is 4.79 Å². The lowest BCUT2D eigenvalue weighted by Gasteiger charge is -2.34. The van der Waals surface area contributed by atoms with Gasteiger partial charge in [-0.2, -0.15) is 4.31 Å². The molecule has 2 aliphatic rings. The van der Waals surface area contributed by atoms with Crippen molar-refractivity contribution in [2.45, 2.75) is 58.4 Å². The second-order valence-electron chi connectivity index (χ2n) is 9.93. The van der Waals surface area contributed by atoms with E-state index >= 15 is 0 Å². The van der Waals surface area contributed by atoms with Gasteiger partial charge in [-0.25, -0.2) is 18.2 Å². The zero-order valence-electron chi connectivity index (χ0n) is 21.7. The van der Waals surface area contributed by atoms with Gasteiger partial charge in [-0.15, -0.1) is 0 Å². The Morgan fingerprint density at radius 2 is 1.95 bits per heavy atom. The Balaban J connectivity index is 1.71. The van der Waals surface area contributed by atoms with Crippen LogP contribution >= 0.6 is 0 Å². The molecule has 10 heteroatoms. The summed E-state index contributed by atoms with van der Waals surface area (Å²) in [6, 6.07) is 9.39. The van der Waals surface area contributed by atoms with Crippen LogP contribution in [-0.2, 0) is 49.5 Å². The van der Waals surface area contributed by atoms with Crippen LogP contribution in [0.2, 0.25) is 0 Å². The van der Waals surface area contributed by atoms with Gasteiger partial charge in [0, 0.05) is 36.2 Å². The van der Waals surface area contributed by atoms with Gasteiger partial charge < -0.3 is 14.0 Å². The number of hydrogen-bond acceptors (Lipinski definition) is 7. The van der Waals surface area contributed by atoms with E-state index in [-0.39, 0.29) is 18.2 Å². The molecule has 0 amide bonds. The molecule has 4 heterocycles. The topological polar surface area (TPSA) is 108 Å². The summed E-state index contributed by atoms with van der Waals surface area (Å²) >= 11 is 0. The van der Waals surface area contributed by atoms with Gasteiger partial charge in [0.2, 0.25) is 10.0 Å². The summed E-state index contributed by atoms with van der Waals surface area (Å²) in [6.45, 7) is 6.05. The molecule has 0 saturated carbocycles. The number of fused-ring (bicyclic) bond motifs is 5. The number of rotatable bonds is 7. The Bertz CT molecular complexity index is 1590. The second kappa shape index (κ2) is 9.04. The van der Waals surface area contributed by atoms with Crippen LogP contribution < -0.4 is 5.56 Å². The third-order valence-electron chi connectivity index (χ3n) is 7.61. The van der Waals surface area contributed by atoms with Crippen LogP contribution in [-0.4, -0.2) is 54.2 Å². The van der Waals surface area contributed by atoms with Crippen molar-refractivity contribution in [1.82, 2.24) is 13.9 Å². The molecule has 0 aliphatic carbocycles. The van der Waals surface area contributed by atoms with Crippen molar-refractivity contribution < 1.29 is 22.7 Å². The number of sulfonamides is 1. The Hall–Kier alpha value is -3.08. The van der Waals surface area contributed by atoms with Crippen LogP contribution in [0, 0.1) is 0 Å². The van der Waals surface area contributed by atoms with Crippen LogP contribution in [0.25, 0.3) is 22.3 Å². The normalized spacial score (nSPS) is 18.7. The number of cyclic esters (lactones) is 1. The number of pyridine rings is 2. The third-order valence-corrected chi connectivity index (χ3v) is 9.07. The molecule has 37 heavy (non-hydrogen) atoms. The van der Waals surface area contributed by atoms with E-state index in [0.29, 0.717) is 48.4 Å². The van der Waals surface area contributed by atoms with Crippen molar-refractivity contribution >= 4 is 26.9 Å². The van der Waals surface area contributed by atoms with E-state index in [0.717, 1.165) is 22.0 Å². The molecule has 9 nitrogen and oxygen atoms in total. The first-order valence-electron chi connectivity index (χ1n) is 12.4. The van der Waals surface area contributed by atoms with Crippen molar-refractivity contribution in [2.75, 3.05) is 19.9 Å². The molecule has 0 fully saturated rings. The van der Waals surface area contributed by atoms with Crippen molar-refractivity contribution in [2.24, 2.45) is 0 Å². The monoisotopic (exact) mass is 525 g/mol. The van der Waals surface area contributed by atoms with Crippen molar-refractivity contribution in [1.29, 1.82) is 0 Å². The van der Waals surface area contributed by atoms with Gasteiger partial charge in [-0.1, -0.05) is 25.1 Å². The lowest BCUT2D eigenvalue weighted by atomic mass is 9.85. The van der Waals surface area contributed by atoms with E-state index < -0.39 is 21.6 Å². The Morgan fingerprint density at radius 3 is 2.59 bits per heavy atom. The van der Waals surface area contributed by atoms with Crippen LogP contribution in [0.5, 0.6) is 0 Å². The Kier molecular flexibility index (Phi) is 6.24. The molecule has 1 atom stereocenters. The van der Waals surface area contributed by atoms with E-state index in [1.807, 2.05) is 51.1 Å². The van der Waals surface area contributed by atoms with E-state index in [1.54, 1.807) is 4.57 Å². The number of methoxy groups -OCH3 is 1. The average Bonchev–Trinajstić information content (AvgIpc) is 3.22. The number of nitrogens with zero attached hydrogens (tertiary/aromatic N) is 3. The summed E-state index contributed by atoms with van der Waals surface area (Å²) in [6.07, 6.45) is 2.01. The van der Waals surface area contributed by atoms with Crippen LogP contribution in [0.15, 0.2) is 35.1 Å². The Labute approximate surface area is 216 Å². The predicted octanol–water partition coefficient (Wildman–Crippen LogP) is 2.95. The summed E-state index contributed by atoms with van der Waals surface area (Å²) in [5, 5.41) is 0.933. The molecular weight excluding hydrogens is 494 g/mol. The van der Waals surface area contributed by atoms with Crippen molar-refractivity contribution in [3.63, 3.8) is 0 Å². The standard InChI is InChI=1S/C27H31N3O6S/c1-6-27(35-4)21-13-23-24-19(14-29(23)25(31)20(21)15-36-26(27)32)17(18-9-7-8-10-22(18)28-24)11-12-30(16(2)3)37(5,33)34/h7-10,13,16H,6,11-12,14-15H2,1-5H3/t27-/m0/s1. The quantitative estimate of drug-likeness (QED) is 0.342. The van der Waals surface area contributed by atoms with Gasteiger partial charge in [0.15, 0.2) is 5.60 Å². The molecule has 5 rings (SSSR count). The molecule has 3 aromatic rings. The van der Waals surface area contributed by atoms with Gasteiger partial charge in [0.25, 0.3) is 5.56 Å². The maximum Gasteiger partial charge on any atom is 0.343 e. The van der Waals surface area contributed by atoms with Gasteiger partial charge in [-0.05, 0) is 44.4 Å². The minimum Gasteiger partial charge on any atom is -0.458 e. The fourth-order valence-electron chi connectivity index (χ4n) is 5.75. The number of carbonyl (C=O) groups is 1. The zero-order valence-corrected chi connectivity index (χ0v) is 22.5. The first kappa shape index (κ1) is 25.6. The molecule has 0 saturated heterocycles. The molecule has 0 radical (unpaired) electrons. The maximum atomic E-state index is 13.7. The van der Waals surface area contributed by atoms with E-state index in [1.165, 1.54) is 17.7 Å². The second-order valence-corrected chi connectivity index (χ2v) is 11.9. The first-order valence-corrected chi connectivity index (χ1v) is 14.3. The van der Waals surface area contributed by atoms with Crippen LogP contribution in [0.4, 0.5) is 0 Å². The smallest absolute Gasteiger partial charge is 0.343 e. The number of esters is 1. The van der Waals surface area contributed by atoms with Gasteiger partial charge in [0.05, 0.1) is 35.3 Å². The highest BCUT2D eigenvalue weighted by atomic mass is 32.2. The van der Waals surface area contributed by atoms with Gasteiger partial charge >= 0.3 is 5.97 Å². The van der Waals surface area contributed by atoms with Crippen molar-refractivity contribution in [3.8, 4) is 11.4 Å². The van der Waals surface area contributed by atoms with Crippen LogP contribution in [0.3, 0.4) is 0 Å². The van der Waals surface area contributed by atoms with Gasteiger partial charge in [0.1, 0.15) is 6.61 Å². The lowest BCUT2D eigenvalue weighted by Crippen LogP contribution is -2.45. The molecule has 0 unspecified atom stereocenters. The molecule has 0 N–H and O–H groups in total. The minimum absolute atomic E-state index is 0.102. The SMILES string of the molecule is CC[C@@]1(OC)C(=O)OCc2c1cc1n(c2=O)Cc2c-1nc1ccccc1c2CCN(C(C)C)S(C)(=O)=O. The summed E-state index contributed by atoms with van der Waals surface area (Å²) in [7, 11) is -1.95. The average molecular weight is 526 g/mol. The summed E-state index contributed by atoms with van der Waals surface area (Å²) < 4.78 is 39.0. The fraction of sp³-hybridized carbons (Fsp3) is 0.444. The maximum absolute atomic E-state index is 13.7. The highest BCUT2D eigenvalue weighted by Gasteiger charge is 2.47. The fourth-order valence-corrected chi connectivity index (χ4v) is 6.94. The number of benzene rings is 1. The molecular formula is C27H31N3O6S. The number of ether oxygens (including phenoxy) is 2. The molecule has 196 valence electrons. The Morgan fingerprint density at radius 1 is 1.22 bits per heavy atom. The number of hydrogen-bond donors (Lipinski definition) is 0. The molecule has 1 aromatic carbocycles. The minimum atomic E-state index is -3.39. The third kappa shape index (κ3) is 3.89. The summed E-state index contributed by atoms with van der Waals surface area (Å²) in [5.41, 5.74) is 3.27. The predicted molar refractivity (Wildman–Crippen MR) is 140 cm³/mol. The highest BCUT2D eigenvalue weighted by molar-refractivity contribution is 7.88. The van der Waals surface area contributed by atoms with Crippen LogP contribution in [0.1, 0.15) is 49.4 Å². The summed E-state index contributed by atoms with van der Waals surface area (Å²) in [4.78, 5) is 31.4. The van der Waals surface area contributed by atoms with Crippen molar-refractivity contribution in [3.05, 3.63) is 62.9 Å². The van der Waals surface area contributed by atoms with E-state index in [2.05, 4.69) is 0 Å². The molecule has 0 bridgehead atoms. The summed E-state index contributed by atoms with van der Waals surface area (Å²) in [5.74, 6) is -0.505. The largest absolute Gasteiger partial charge is 0.458 e. The molecule has 2 aromatic heterocycles. The van der Waals surface area contributed by atoms with E-state index in [4.69, 9.17) is 14.5 Å². The molecule has 0 spiro atoms. The first-order chi connectivity index (χ1) is 17.5. The zero-order chi connectivity index (χ0) is 26.7. The highest BCUT2D eigenvalue weighted by Crippen LogP contribution is 2.41. The number of para-hydroxylation sites is 1. The molecule has 2 aliphatic heterocycles. The number of carbonyl (C=O) groups excluding carboxylic acids is 1. The lowest BCUT2D eigenvalue weighted by molar-refractivity contribution is -0.176. The number of aromatic nitrogens is 2.